The fraction of sp³-hybridized carbons (Fsp3) is 0.778. The molecule has 0 N–H and O–H groups in total. The van der Waals surface area contributed by atoms with Crippen LogP contribution in [0.15, 0.2) is 12.2 Å². The van der Waals surface area contributed by atoms with E-state index in [9.17, 15) is 34.8 Å². The van der Waals surface area contributed by atoms with Gasteiger partial charge < -0.3 is 4.74 Å². The summed E-state index contributed by atoms with van der Waals surface area (Å²) in [7, 11) is -5.07. The lowest BCUT2D eigenvalue weighted by molar-refractivity contribution is -0.299. The van der Waals surface area contributed by atoms with Crippen molar-refractivity contribution in [2.24, 2.45) is 0 Å². The fourth-order valence-corrected chi connectivity index (χ4v) is 3.56. The molecule has 0 saturated carbocycles. The zero-order valence-corrected chi connectivity index (χ0v) is 10.3. The third-order valence-corrected chi connectivity index (χ3v) is 4.54. The SMILES string of the molecule is O=S(=O)(OC(C(F)(F)F)C(F)(F)F)C1CC2C=CC1O2. The molecule has 0 spiro atoms. The van der Waals surface area contributed by atoms with Crippen molar-refractivity contribution in [1.82, 2.24) is 0 Å². The Balaban J connectivity index is 2.20. The summed E-state index contributed by atoms with van der Waals surface area (Å²) >= 11 is 0. The quantitative estimate of drug-likeness (QED) is 0.452. The van der Waals surface area contributed by atoms with Crippen LogP contribution in [0.2, 0.25) is 0 Å². The molecule has 2 aliphatic heterocycles. The highest BCUT2D eigenvalue weighted by atomic mass is 32.2. The summed E-state index contributed by atoms with van der Waals surface area (Å²) in [6.07, 6.45) is -15.3. The van der Waals surface area contributed by atoms with Gasteiger partial charge in [-0.25, -0.2) is 4.18 Å². The highest BCUT2D eigenvalue weighted by Gasteiger charge is 2.61. The standard InChI is InChI=1S/C9H8F6O4S/c10-8(11,12)7(9(13,14)15)19-20(16,17)6-3-4-1-2-5(6)18-4/h1-2,4-7H,3H2. The summed E-state index contributed by atoms with van der Waals surface area (Å²) in [6, 6.07) is 0. The fourth-order valence-electron chi connectivity index (χ4n) is 2.02. The van der Waals surface area contributed by atoms with Crippen molar-refractivity contribution in [1.29, 1.82) is 0 Å². The van der Waals surface area contributed by atoms with Crippen LogP contribution in [-0.4, -0.2) is 44.3 Å². The van der Waals surface area contributed by atoms with Crippen LogP contribution >= 0.6 is 0 Å². The van der Waals surface area contributed by atoms with E-state index < -0.39 is 46.0 Å². The predicted molar refractivity (Wildman–Crippen MR) is 52.1 cm³/mol. The van der Waals surface area contributed by atoms with Crippen molar-refractivity contribution in [3.8, 4) is 0 Å². The zero-order chi connectivity index (χ0) is 15.3. The Labute approximate surface area is 109 Å². The molecule has 0 aromatic rings. The topological polar surface area (TPSA) is 52.6 Å². The van der Waals surface area contributed by atoms with Crippen molar-refractivity contribution < 1.29 is 43.7 Å². The predicted octanol–water partition coefficient (Wildman–Crippen LogP) is 1.92. The van der Waals surface area contributed by atoms with E-state index in [4.69, 9.17) is 4.74 Å². The van der Waals surface area contributed by atoms with E-state index in [1.807, 2.05) is 0 Å². The second-order valence-electron chi connectivity index (χ2n) is 4.35. The molecule has 4 nitrogen and oxygen atoms in total. The van der Waals surface area contributed by atoms with Crippen LogP contribution in [-0.2, 0) is 19.0 Å². The van der Waals surface area contributed by atoms with E-state index in [2.05, 4.69) is 4.18 Å². The molecule has 2 heterocycles. The lowest BCUT2D eigenvalue weighted by Gasteiger charge is -2.25. The minimum Gasteiger partial charge on any atom is -0.365 e. The summed E-state index contributed by atoms with van der Waals surface area (Å²) in [5.74, 6) is 0. The summed E-state index contributed by atoms with van der Waals surface area (Å²) in [5, 5.41) is -1.57. The Morgan fingerprint density at radius 1 is 1.10 bits per heavy atom. The van der Waals surface area contributed by atoms with Gasteiger partial charge in [0.05, 0.1) is 12.2 Å². The molecule has 0 aromatic carbocycles. The molecule has 3 atom stereocenters. The Kier molecular flexibility index (Phi) is 3.58. The first-order valence-corrected chi connectivity index (χ1v) is 6.78. The van der Waals surface area contributed by atoms with E-state index >= 15 is 0 Å². The van der Waals surface area contributed by atoms with Crippen LogP contribution in [0.5, 0.6) is 0 Å². The number of halogens is 6. The second kappa shape index (κ2) is 4.60. The number of rotatable bonds is 3. The molecule has 0 amide bonds. The van der Waals surface area contributed by atoms with Gasteiger partial charge in [-0.2, -0.15) is 34.8 Å². The lowest BCUT2D eigenvalue weighted by atomic mass is 10.1. The molecule has 11 heteroatoms. The third-order valence-electron chi connectivity index (χ3n) is 2.87. The number of fused-ring (bicyclic) bond motifs is 2. The molecule has 0 aromatic heterocycles. The van der Waals surface area contributed by atoms with Crippen molar-refractivity contribution in [3.63, 3.8) is 0 Å². The van der Waals surface area contributed by atoms with Gasteiger partial charge in [0.1, 0.15) is 5.25 Å². The Hall–Kier alpha value is -0.810. The molecule has 0 radical (unpaired) electrons. The van der Waals surface area contributed by atoms with E-state index in [0.717, 1.165) is 0 Å². The van der Waals surface area contributed by atoms with Gasteiger partial charge in [-0.1, -0.05) is 12.2 Å². The van der Waals surface area contributed by atoms with Gasteiger partial charge in [0.15, 0.2) is 0 Å². The smallest absolute Gasteiger partial charge is 0.365 e. The van der Waals surface area contributed by atoms with Crippen molar-refractivity contribution >= 4 is 10.1 Å². The Bertz CT molecular complexity index is 494. The summed E-state index contributed by atoms with van der Waals surface area (Å²) in [5.41, 5.74) is 0. The molecule has 0 aliphatic carbocycles. The van der Waals surface area contributed by atoms with E-state index in [0.29, 0.717) is 0 Å². The summed E-state index contributed by atoms with van der Waals surface area (Å²) < 4.78 is 105. The molecule has 3 unspecified atom stereocenters. The van der Waals surface area contributed by atoms with Gasteiger partial charge in [-0.15, -0.1) is 0 Å². The number of alkyl halides is 6. The maximum atomic E-state index is 12.3. The van der Waals surface area contributed by atoms with Crippen molar-refractivity contribution in [2.45, 2.75) is 42.3 Å². The number of ether oxygens (including phenoxy) is 1. The highest BCUT2D eigenvalue weighted by Crippen LogP contribution is 2.40. The van der Waals surface area contributed by atoms with Gasteiger partial charge in [0.25, 0.3) is 16.2 Å². The normalized spacial score (nSPS) is 30.4. The maximum Gasteiger partial charge on any atom is 0.425 e. The van der Waals surface area contributed by atoms with Gasteiger partial charge >= 0.3 is 12.4 Å². The monoisotopic (exact) mass is 326 g/mol. The van der Waals surface area contributed by atoms with E-state index in [-0.39, 0.29) is 6.42 Å². The zero-order valence-electron chi connectivity index (χ0n) is 9.48. The molecule has 2 aliphatic rings. The number of hydrogen-bond donors (Lipinski definition) is 0. The minimum atomic E-state index is -5.88. The third kappa shape index (κ3) is 2.93. The first kappa shape index (κ1) is 15.6. The number of hydrogen-bond acceptors (Lipinski definition) is 4. The van der Waals surface area contributed by atoms with Gasteiger partial charge in [-0.05, 0) is 6.42 Å². The largest absolute Gasteiger partial charge is 0.425 e. The van der Waals surface area contributed by atoms with Gasteiger partial charge in [0, 0.05) is 0 Å². The van der Waals surface area contributed by atoms with Crippen LogP contribution in [0.1, 0.15) is 6.42 Å². The molecule has 1 saturated heterocycles. The average Bonchev–Trinajstić information content (AvgIpc) is 2.84. The Morgan fingerprint density at radius 3 is 2.00 bits per heavy atom. The highest BCUT2D eigenvalue weighted by molar-refractivity contribution is 7.87. The molecule has 2 rings (SSSR count). The van der Waals surface area contributed by atoms with Crippen LogP contribution in [0, 0.1) is 0 Å². The van der Waals surface area contributed by atoms with Crippen LogP contribution in [0.3, 0.4) is 0 Å². The first-order chi connectivity index (χ1) is 8.91. The van der Waals surface area contributed by atoms with Crippen molar-refractivity contribution in [3.05, 3.63) is 12.2 Å². The molecule has 116 valence electrons. The second-order valence-corrected chi connectivity index (χ2v) is 6.13. The first-order valence-electron chi connectivity index (χ1n) is 5.30. The maximum absolute atomic E-state index is 12.3. The minimum absolute atomic E-state index is 0.230. The molecule has 1 fully saturated rings. The average molecular weight is 326 g/mol. The van der Waals surface area contributed by atoms with Crippen LogP contribution in [0.4, 0.5) is 26.3 Å². The summed E-state index contributed by atoms with van der Waals surface area (Å²) in [6.45, 7) is 0. The molecule has 20 heavy (non-hydrogen) atoms. The van der Waals surface area contributed by atoms with E-state index in [1.54, 1.807) is 0 Å². The van der Waals surface area contributed by atoms with Crippen molar-refractivity contribution in [2.75, 3.05) is 0 Å². The van der Waals surface area contributed by atoms with E-state index in [1.165, 1.54) is 12.2 Å². The van der Waals surface area contributed by atoms with Crippen LogP contribution in [0.25, 0.3) is 0 Å². The van der Waals surface area contributed by atoms with Gasteiger partial charge in [-0.3, -0.25) is 0 Å². The van der Waals surface area contributed by atoms with Gasteiger partial charge in [0.2, 0.25) is 0 Å². The summed E-state index contributed by atoms with van der Waals surface area (Å²) in [4.78, 5) is 0. The lowest BCUT2D eigenvalue weighted by Crippen LogP contribution is -2.47. The van der Waals surface area contributed by atoms with Crippen LogP contribution < -0.4 is 0 Å². The molecular weight excluding hydrogens is 318 g/mol. The Morgan fingerprint density at radius 2 is 1.65 bits per heavy atom. The molecule has 2 bridgehead atoms. The molecular formula is C9H8F6O4S.